The van der Waals surface area contributed by atoms with Gasteiger partial charge in [-0.1, -0.05) is 6.07 Å². The van der Waals surface area contributed by atoms with Gasteiger partial charge in [0.25, 0.3) is 11.8 Å². The minimum absolute atomic E-state index is 0.113. The van der Waals surface area contributed by atoms with Gasteiger partial charge in [-0.3, -0.25) is 29.4 Å². The first-order valence-electron chi connectivity index (χ1n) is 11.2. The molecular weight excluding hydrogens is 396 g/mol. The molecule has 2 unspecified atom stereocenters. The molecule has 0 aromatic heterocycles. The van der Waals surface area contributed by atoms with E-state index in [4.69, 9.17) is 5.73 Å². The van der Waals surface area contributed by atoms with Gasteiger partial charge in [-0.05, 0) is 67.6 Å². The standard InChI is InChI=1S/C23H28N4O4/c24-11-18(23-7-5-13(10-23)6-8-23)25-12-14-1-2-15-16(9-14)22(31)27(21(15)30)17-3-4-19(28)26-20(17)29/h1-2,9,13,17-18,25H,3-8,10-12,24H2,(H,26,28,29). The number of nitrogens with two attached hydrogens (primary N) is 1. The van der Waals surface area contributed by atoms with E-state index in [-0.39, 0.29) is 24.8 Å². The minimum atomic E-state index is -0.940. The van der Waals surface area contributed by atoms with E-state index in [9.17, 15) is 19.2 Å². The molecular formula is C23H28N4O4. The molecule has 1 aromatic rings. The Bertz CT molecular complexity index is 966. The molecule has 2 aliphatic heterocycles. The number of imide groups is 2. The van der Waals surface area contributed by atoms with E-state index in [1.807, 2.05) is 6.07 Å². The summed E-state index contributed by atoms with van der Waals surface area (Å²) in [5, 5.41) is 5.83. The van der Waals surface area contributed by atoms with E-state index < -0.39 is 23.8 Å². The predicted molar refractivity (Wildman–Crippen MR) is 112 cm³/mol. The largest absolute Gasteiger partial charge is 0.329 e. The molecule has 3 fully saturated rings. The summed E-state index contributed by atoms with van der Waals surface area (Å²) in [4.78, 5) is 50.4. The number of carbonyl (C=O) groups excluding carboxylic acids is 4. The topological polar surface area (TPSA) is 122 Å². The molecule has 2 atom stereocenters. The number of piperidine rings is 1. The third-order valence-corrected chi connectivity index (χ3v) is 7.83. The van der Waals surface area contributed by atoms with Crippen LogP contribution >= 0.6 is 0 Å². The van der Waals surface area contributed by atoms with Crippen LogP contribution in [0.4, 0.5) is 0 Å². The molecule has 8 heteroatoms. The highest BCUT2D eigenvalue weighted by Crippen LogP contribution is 2.55. The number of carbonyl (C=O) groups is 4. The van der Waals surface area contributed by atoms with E-state index >= 15 is 0 Å². The van der Waals surface area contributed by atoms with Gasteiger partial charge in [0.2, 0.25) is 11.8 Å². The van der Waals surface area contributed by atoms with Crippen LogP contribution in [0.25, 0.3) is 0 Å². The second-order valence-electron chi connectivity index (χ2n) is 9.51. The van der Waals surface area contributed by atoms with Crippen molar-refractivity contribution < 1.29 is 19.2 Å². The second kappa shape index (κ2) is 7.53. The van der Waals surface area contributed by atoms with E-state index in [1.54, 1.807) is 12.1 Å². The van der Waals surface area contributed by atoms with Gasteiger partial charge in [0, 0.05) is 25.6 Å². The first-order chi connectivity index (χ1) is 14.9. The van der Waals surface area contributed by atoms with Gasteiger partial charge in [0.05, 0.1) is 11.1 Å². The van der Waals surface area contributed by atoms with Crippen LogP contribution in [0.1, 0.15) is 71.2 Å². The molecule has 2 saturated carbocycles. The van der Waals surface area contributed by atoms with Crippen molar-refractivity contribution in [3.63, 3.8) is 0 Å². The summed E-state index contributed by atoms with van der Waals surface area (Å²) < 4.78 is 0. The molecule has 2 heterocycles. The van der Waals surface area contributed by atoms with Crippen LogP contribution < -0.4 is 16.4 Å². The van der Waals surface area contributed by atoms with Crippen LogP contribution in [-0.2, 0) is 16.1 Å². The summed E-state index contributed by atoms with van der Waals surface area (Å²) in [6, 6.07) is 4.55. The monoisotopic (exact) mass is 424 g/mol. The van der Waals surface area contributed by atoms with Crippen molar-refractivity contribution in [1.82, 2.24) is 15.5 Å². The van der Waals surface area contributed by atoms with E-state index in [0.717, 1.165) is 16.4 Å². The first-order valence-corrected chi connectivity index (χ1v) is 11.2. The molecule has 1 saturated heterocycles. The van der Waals surface area contributed by atoms with Gasteiger partial charge in [0.15, 0.2) is 0 Å². The Morgan fingerprint density at radius 1 is 1.10 bits per heavy atom. The Labute approximate surface area is 180 Å². The van der Waals surface area contributed by atoms with Crippen LogP contribution in [0.3, 0.4) is 0 Å². The fraction of sp³-hybridized carbons (Fsp3) is 0.565. The van der Waals surface area contributed by atoms with Crippen LogP contribution in [0.2, 0.25) is 0 Å². The highest BCUT2D eigenvalue weighted by atomic mass is 16.2. The summed E-state index contributed by atoms with van der Waals surface area (Å²) in [7, 11) is 0. The van der Waals surface area contributed by atoms with Crippen molar-refractivity contribution in [1.29, 1.82) is 0 Å². The molecule has 1 aromatic carbocycles. The number of nitrogens with one attached hydrogen (secondary N) is 2. The van der Waals surface area contributed by atoms with Crippen molar-refractivity contribution in [2.75, 3.05) is 6.54 Å². The van der Waals surface area contributed by atoms with Crippen molar-refractivity contribution >= 4 is 23.6 Å². The number of amides is 4. The molecule has 2 aliphatic carbocycles. The molecule has 5 rings (SSSR count). The van der Waals surface area contributed by atoms with E-state index in [0.29, 0.717) is 29.6 Å². The highest BCUT2D eigenvalue weighted by Gasteiger charge is 2.49. The van der Waals surface area contributed by atoms with Gasteiger partial charge in [0.1, 0.15) is 6.04 Å². The third kappa shape index (κ3) is 3.29. The lowest BCUT2D eigenvalue weighted by molar-refractivity contribution is -0.136. The van der Waals surface area contributed by atoms with Gasteiger partial charge < -0.3 is 11.1 Å². The zero-order chi connectivity index (χ0) is 21.8. The maximum Gasteiger partial charge on any atom is 0.262 e. The molecule has 0 radical (unpaired) electrons. The maximum absolute atomic E-state index is 13.0. The minimum Gasteiger partial charge on any atom is -0.329 e. The first kappa shape index (κ1) is 20.3. The lowest BCUT2D eigenvalue weighted by Gasteiger charge is -2.36. The molecule has 4 aliphatic rings. The Morgan fingerprint density at radius 3 is 2.48 bits per heavy atom. The van der Waals surface area contributed by atoms with Crippen LogP contribution in [-0.4, -0.2) is 47.2 Å². The normalized spacial score (nSPS) is 30.7. The van der Waals surface area contributed by atoms with E-state index in [1.165, 1.54) is 32.1 Å². The van der Waals surface area contributed by atoms with Crippen molar-refractivity contribution in [2.24, 2.45) is 17.1 Å². The second-order valence-corrected chi connectivity index (χ2v) is 9.51. The molecule has 31 heavy (non-hydrogen) atoms. The molecule has 164 valence electrons. The number of hydrogen-bond acceptors (Lipinski definition) is 6. The highest BCUT2D eigenvalue weighted by molar-refractivity contribution is 6.23. The van der Waals surface area contributed by atoms with Crippen LogP contribution in [0.15, 0.2) is 18.2 Å². The quantitative estimate of drug-likeness (QED) is 0.588. The average molecular weight is 425 g/mol. The van der Waals surface area contributed by atoms with Crippen LogP contribution in [0, 0.1) is 11.3 Å². The molecule has 0 spiro atoms. The molecule has 8 nitrogen and oxygen atoms in total. The summed E-state index contributed by atoms with van der Waals surface area (Å²) in [5.41, 5.74) is 7.95. The van der Waals surface area contributed by atoms with Gasteiger partial charge in [-0.25, -0.2) is 0 Å². The van der Waals surface area contributed by atoms with Crippen molar-refractivity contribution in [3.05, 3.63) is 34.9 Å². The Balaban J connectivity index is 1.31. The Kier molecular flexibility index (Phi) is 4.94. The summed E-state index contributed by atoms with van der Waals surface area (Å²) in [5.74, 6) is -1.08. The van der Waals surface area contributed by atoms with Crippen molar-refractivity contribution in [3.8, 4) is 0 Å². The van der Waals surface area contributed by atoms with Gasteiger partial charge >= 0.3 is 0 Å². The van der Waals surface area contributed by atoms with Crippen LogP contribution in [0.5, 0.6) is 0 Å². The van der Waals surface area contributed by atoms with Crippen molar-refractivity contribution in [2.45, 2.75) is 63.6 Å². The summed E-state index contributed by atoms with van der Waals surface area (Å²) in [6.45, 7) is 1.15. The zero-order valence-corrected chi connectivity index (χ0v) is 17.5. The summed E-state index contributed by atoms with van der Waals surface area (Å²) in [6.07, 6.45) is 6.57. The lowest BCUT2D eigenvalue weighted by Crippen LogP contribution is -2.54. The SMILES string of the molecule is NCC(NCc1ccc2c(c1)C(=O)N(C1CCC(=O)NC1=O)C2=O)C12CCC(CC1)C2. The number of rotatable bonds is 6. The maximum atomic E-state index is 13.0. The fourth-order valence-electron chi connectivity index (χ4n) is 6.15. The Morgan fingerprint density at radius 2 is 1.84 bits per heavy atom. The summed E-state index contributed by atoms with van der Waals surface area (Å²) >= 11 is 0. The van der Waals surface area contributed by atoms with Gasteiger partial charge in [-0.2, -0.15) is 0 Å². The average Bonchev–Trinajstić information content (AvgIpc) is 3.43. The smallest absolute Gasteiger partial charge is 0.262 e. The molecule has 2 bridgehead atoms. The number of nitrogens with zero attached hydrogens (tertiary/aromatic N) is 1. The number of fused-ring (bicyclic) bond motifs is 3. The zero-order valence-electron chi connectivity index (χ0n) is 17.5. The van der Waals surface area contributed by atoms with E-state index in [2.05, 4.69) is 10.6 Å². The number of hydrogen-bond donors (Lipinski definition) is 3. The fourth-order valence-corrected chi connectivity index (χ4v) is 6.15. The molecule has 4 N–H and O–H groups in total. The molecule has 4 amide bonds. The predicted octanol–water partition coefficient (Wildman–Crippen LogP) is 1.08. The number of benzene rings is 1. The Hall–Kier alpha value is -2.58. The van der Waals surface area contributed by atoms with Gasteiger partial charge in [-0.15, -0.1) is 0 Å². The lowest BCUT2D eigenvalue weighted by atomic mass is 9.77. The third-order valence-electron chi connectivity index (χ3n) is 7.83.